The van der Waals surface area contributed by atoms with E-state index in [2.05, 4.69) is 13.8 Å². The molecule has 0 saturated heterocycles. The average molecular weight is 242 g/mol. The van der Waals surface area contributed by atoms with Gasteiger partial charge in [-0.25, -0.2) is 0 Å². The minimum atomic E-state index is 0. The highest BCUT2D eigenvalue weighted by atomic mass is 14.2. The van der Waals surface area contributed by atoms with Crippen LogP contribution in [0.3, 0.4) is 0 Å². The van der Waals surface area contributed by atoms with Crippen LogP contribution < -0.4 is 0 Å². The van der Waals surface area contributed by atoms with Crippen LogP contribution in [0.4, 0.5) is 0 Å². The molecule has 0 aromatic rings. The van der Waals surface area contributed by atoms with Gasteiger partial charge in [0.05, 0.1) is 0 Å². The second-order valence-electron chi connectivity index (χ2n) is 5.66. The molecule has 0 aliphatic heterocycles. The van der Waals surface area contributed by atoms with Crippen LogP contribution in [0.1, 0.15) is 99.3 Å². The second kappa shape index (κ2) is 12.5. The minimum Gasteiger partial charge on any atom is -0.0776 e. The van der Waals surface area contributed by atoms with Crippen LogP contribution in [0, 0.1) is 11.8 Å². The van der Waals surface area contributed by atoms with Crippen molar-refractivity contribution in [1.82, 2.24) is 0 Å². The van der Waals surface area contributed by atoms with E-state index in [-0.39, 0.29) is 14.9 Å². The molecule has 0 nitrogen and oxygen atoms in total. The van der Waals surface area contributed by atoms with E-state index in [1.54, 1.807) is 0 Å². The summed E-state index contributed by atoms with van der Waals surface area (Å²) in [6, 6.07) is 0. The lowest BCUT2D eigenvalue weighted by Gasteiger charge is -2.18. The number of hydrogen-bond acceptors (Lipinski definition) is 0. The lowest BCUT2D eigenvalue weighted by Crippen LogP contribution is -2.03. The first-order valence-electron chi connectivity index (χ1n) is 7.33. The Labute approximate surface area is 112 Å². The van der Waals surface area contributed by atoms with Crippen LogP contribution in [0.15, 0.2) is 0 Å². The molecule has 0 radical (unpaired) electrons. The highest BCUT2D eigenvalue weighted by Gasteiger charge is 2.09. The highest BCUT2D eigenvalue weighted by molar-refractivity contribution is 4.63. The molecule has 0 unspecified atom stereocenters. The molecule has 0 atom stereocenters. The van der Waals surface area contributed by atoms with E-state index in [0.29, 0.717) is 0 Å². The normalized spacial score (nSPS) is 21.5. The topological polar surface area (TPSA) is 0 Å². The first-order chi connectivity index (χ1) is 7.33. The van der Waals surface area contributed by atoms with Gasteiger partial charge < -0.3 is 0 Å². The Hall–Kier alpha value is 0. The first kappa shape index (κ1) is 19.3. The molecule has 0 aromatic carbocycles. The quantitative estimate of drug-likeness (QED) is 0.472. The zero-order chi connectivity index (χ0) is 10.9. The Balaban J connectivity index is 0. The third kappa shape index (κ3) is 9.68. The standard InChI is InChI=1S/C8H16.C7H14.2CH4/c1-2-8-6-4-3-5-7-8;1-7-5-3-2-4-6-7;;/h8H,2-7H2,1H3;7H,2-6H2,1H3;2*1H4. The Kier molecular flexibility index (Phi) is 14.2. The molecule has 2 aliphatic carbocycles. The maximum atomic E-state index is 2.36. The molecular weight excluding hydrogens is 204 g/mol. The van der Waals surface area contributed by atoms with Crippen LogP contribution in [0.5, 0.6) is 0 Å². The summed E-state index contributed by atoms with van der Waals surface area (Å²) in [5, 5.41) is 0. The van der Waals surface area contributed by atoms with Gasteiger partial charge in [0.25, 0.3) is 0 Å². The predicted molar refractivity (Wildman–Crippen MR) is 82.6 cm³/mol. The maximum absolute atomic E-state index is 2.36. The van der Waals surface area contributed by atoms with Crippen molar-refractivity contribution >= 4 is 0 Å². The second-order valence-corrected chi connectivity index (χ2v) is 5.66. The van der Waals surface area contributed by atoms with Crippen molar-refractivity contribution in [2.24, 2.45) is 11.8 Å². The Morgan fingerprint density at radius 3 is 1.35 bits per heavy atom. The maximum Gasteiger partial charge on any atom is -0.0417 e. The molecule has 2 fully saturated rings. The molecule has 2 saturated carbocycles. The third-order valence-electron chi connectivity index (χ3n) is 4.20. The molecular formula is C17H38. The van der Waals surface area contributed by atoms with Gasteiger partial charge in [-0.1, -0.05) is 99.3 Å². The van der Waals surface area contributed by atoms with E-state index in [0.717, 1.165) is 11.8 Å². The largest absolute Gasteiger partial charge is 0.0776 e. The van der Waals surface area contributed by atoms with Crippen LogP contribution in [-0.4, -0.2) is 0 Å². The summed E-state index contributed by atoms with van der Waals surface area (Å²) < 4.78 is 0. The monoisotopic (exact) mass is 242 g/mol. The smallest absolute Gasteiger partial charge is 0.0417 e. The van der Waals surface area contributed by atoms with Crippen molar-refractivity contribution in [2.75, 3.05) is 0 Å². The number of rotatable bonds is 1. The van der Waals surface area contributed by atoms with Crippen molar-refractivity contribution in [3.05, 3.63) is 0 Å². The summed E-state index contributed by atoms with van der Waals surface area (Å²) in [5.41, 5.74) is 0. The van der Waals surface area contributed by atoms with Crippen molar-refractivity contribution in [3.8, 4) is 0 Å². The SMILES string of the molecule is C.C.CC1CCCCC1.CCC1CCCCC1. The van der Waals surface area contributed by atoms with Crippen molar-refractivity contribution in [2.45, 2.75) is 99.3 Å². The Bertz CT molecular complexity index is 127. The molecule has 0 N–H and O–H groups in total. The van der Waals surface area contributed by atoms with Gasteiger partial charge in [-0.15, -0.1) is 0 Å². The van der Waals surface area contributed by atoms with E-state index in [1.807, 2.05) is 0 Å². The molecule has 0 heteroatoms. The summed E-state index contributed by atoms with van der Waals surface area (Å²) in [5.74, 6) is 2.12. The zero-order valence-electron chi connectivity index (χ0n) is 10.9. The van der Waals surface area contributed by atoms with E-state index in [1.165, 1.54) is 70.6 Å². The van der Waals surface area contributed by atoms with Crippen molar-refractivity contribution in [1.29, 1.82) is 0 Å². The summed E-state index contributed by atoms with van der Waals surface area (Å²) in [7, 11) is 0. The zero-order valence-corrected chi connectivity index (χ0v) is 10.9. The highest BCUT2D eigenvalue weighted by Crippen LogP contribution is 2.25. The van der Waals surface area contributed by atoms with Crippen LogP contribution >= 0.6 is 0 Å². The van der Waals surface area contributed by atoms with Gasteiger partial charge in [-0.2, -0.15) is 0 Å². The molecule has 17 heavy (non-hydrogen) atoms. The summed E-state index contributed by atoms with van der Waals surface area (Å²) >= 11 is 0. The van der Waals surface area contributed by atoms with Gasteiger partial charge in [-0.3, -0.25) is 0 Å². The van der Waals surface area contributed by atoms with Gasteiger partial charge in [0, 0.05) is 0 Å². The van der Waals surface area contributed by atoms with E-state index >= 15 is 0 Å². The lowest BCUT2D eigenvalue weighted by molar-refractivity contribution is 0.349. The predicted octanol–water partition coefficient (Wildman–Crippen LogP) is 6.84. The minimum absolute atomic E-state index is 0. The first-order valence-corrected chi connectivity index (χ1v) is 7.33. The molecule has 0 bridgehead atoms. The Morgan fingerprint density at radius 1 is 0.706 bits per heavy atom. The fraction of sp³-hybridized carbons (Fsp3) is 1.00. The molecule has 106 valence electrons. The van der Waals surface area contributed by atoms with Crippen molar-refractivity contribution in [3.63, 3.8) is 0 Å². The van der Waals surface area contributed by atoms with E-state index in [9.17, 15) is 0 Å². The van der Waals surface area contributed by atoms with Gasteiger partial charge in [-0.05, 0) is 11.8 Å². The van der Waals surface area contributed by atoms with Crippen LogP contribution in [0.2, 0.25) is 0 Å². The summed E-state index contributed by atoms with van der Waals surface area (Å²) in [4.78, 5) is 0. The molecule has 0 amide bonds. The third-order valence-corrected chi connectivity index (χ3v) is 4.20. The van der Waals surface area contributed by atoms with Crippen molar-refractivity contribution < 1.29 is 0 Å². The summed E-state index contributed by atoms with van der Waals surface area (Å²) in [6.45, 7) is 4.68. The molecule has 0 aromatic heterocycles. The molecule has 2 aliphatic rings. The molecule has 2 rings (SSSR count). The summed E-state index contributed by atoms with van der Waals surface area (Å²) in [6.07, 6.45) is 16.4. The average Bonchev–Trinajstić information content (AvgIpc) is 2.32. The van der Waals surface area contributed by atoms with Gasteiger partial charge in [0.15, 0.2) is 0 Å². The van der Waals surface area contributed by atoms with Gasteiger partial charge >= 0.3 is 0 Å². The fourth-order valence-corrected chi connectivity index (χ4v) is 2.90. The molecule has 0 spiro atoms. The van der Waals surface area contributed by atoms with E-state index in [4.69, 9.17) is 0 Å². The fourth-order valence-electron chi connectivity index (χ4n) is 2.90. The molecule has 0 heterocycles. The van der Waals surface area contributed by atoms with Gasteiger partial charge in [0.1, 0.15) is 0 Å². The van der Waals surface area contributed by atoms with Crippen LogP contribution in [-0.2, 0) is 0 Å². The number of hydrogen-bond donors (Lipinski definition) is 0. The Morgan fingerprint density at radius 2 is 1.12 bits per heavy atom. The van der Waals surface area contributed by atoms with Crippen LogP contribution in [0.25, 0.3) is 0 Å². The van der Waals surface area contributed by atoms with Gasteiger partial charge in [0.2, 0.25) is 0 Å². The van der Waals surface area contributed by atoms with E-state index < -0.39 is 0 Å². The lowest BCUT2D eigenvalue weighted by atomic mass is 9.88.